The molecule has 0 aliphatic heterocycles. The van der Waals surface area contributed by atoms with Crippen LogP contribution in [0.1, 0.15) is 0 Å². The molecular formula is C46H29N3S. The van der Waals surface area contributed by atoms with Gasteiger partial charge in [0, 0.05) is 53.3 Å². The minimum Gasteiger partial charge on any atom is -0.309 e. The lowest BCUT2D eigenvalue weighted by Gasteiger charge is -2.11. The predicted octanol–water partition coefficient (Wildman–Crippen LogP) is 12.6. The molecule has 0 amide bonds. The number of hydrogen-bond acceptors (Lipinski definition) is 3. The first-order chi connectivity index (χ1) is 24.8. The highest BCUT2D eigenvalue weighted by Crippen LogP contribution is 2.42. The molecule has 0 bridgehead atoms. The third kappa shape index (κ3) is 4.73. The van der Waals surface area contributed by atoms with Crippen LogP contribution in [0.25, 0.3) is 92.7 Å². The van der Waals surface area contributed by atoms with Crippen molar-refractivity contribution in [2.45, 2.75) is 0 Å². The van der Waals surface area contributed by atoms with Gasteiger partial charge in [0.1, 0.15) is 0 Å². The van der Waals surface area contributed by atoms with Crippen molar-refractivity contribution in [2.75, 3.05) is 0 Å². The Morgan fingerprint density at radius 3 is 1.72 bits per heavy atom. The van der Waals surface area contributed by atoms with E-state index in [1.54, 1.807) is 0 Å². The summed E-state index contributed by atoms with van der Waals surface area (Å²) >= 11 is 1.82. The molecule has 3 aromatic heterocycles. The van der Waals surface area contributed by atoms with E-state index in [-0.39, 0.29) is 0 Å². The molecule has 10 aromatic rings. The molecule has 234 valence electrons. The Morgan fingerprint density at radius 1 is 0.400 bits per heavy atom. The molecule has 0 spiro atoms. The zero-order valence-corrected chi connectivity index (χ0v) is 27.8. The fourth-order valence-corrected chi connectivity index (χ4v) is 8.51. The van der Waals surface area contributed by atoms with Gasteiger partial charge in [-0.25, -0.2) is 9.97 Å². The summed E-state index contributed by atoms with van der Waals surface area (Å²) in [6, 6.07) is 62.4. The van der Waals surface area contributed by atoms with Crippen molar-refractivity contribution in [3.05, 3.63) is 176 Å². The van der Waals surface area contributed by atoms with Gasteiger partial charge in [-0.15, -0.1) is 11.3 Å². The van der Waals surface area contributed by atoms with Crippen molar-refractivity contribution in [1.82, 2.24) is 14.5 Å². The van der Waals surface area contributed by atoms with Gasteiger partial charge in [-0.3, -0.25) is 0 Å². The molecule has 0 saturated heterocycles. The van der Waals surface area contributed by atoms with E-state index in [2.05, 4.69) is 174 Å². The summed E-state index contributed by atoms with van der Waals surface area (Å²) in [7, 11) is 0. The normalized spacial score (nSPS) is 11.6. The highest BCUT2D eigenvalue weighted by Gasteiger charge is 2.18. The number of para-hydroxylation sites is 2. The van der Waals surface area contributed by atoms with Crippen molar-refractivity contribution in [1.29, 1.82) is 0 Å². The highest BCUT2D eigenvalue weighted by atomic mass is 32.1. The first-order valence-corrected chi connectivity index (χ1v) is 17.6. The maximum Gasteiger partial charge on any atom is 0.161 e. The Hall–Kier alpha value is -6.36. The van der Waals surface area contributed by atoms with Crippen molar-refractivity contribution in [2.24, 2.45) is 0 Å². The second kappa shape index (κ2) is 11.7. The van der Waals surface area contributed by atoms with Crippen LogP contribution in [0.4, 0.5) is 0 Å². The average molecular weight is 656 g/mol. The number of fused-ring (bicyclic) bond motifs is 6. The van der Waals surface area contributed by atoms with Crippen LogP contribution in [0.5, 0.6) is 0 Å². The standard InChI is InChI=1S/C46H29N3S/c1-3-13-30(14-4-1)32-17-11-18-33(27-32)41-29-40(31-15-5-2-6-16-31)47-46(48-41)39-22-12-21-38-37-26-25-34(28-44(37)50-45(38)39)49-42-23-9-7-19-35(42)36-20-8-10-24-43(36)49/h1-29H. The second-order valence-corrected chi connectivity index (χ2v) is 13.7. The van der Waals surface area contributed by atoms with Crippen LogP contribution in [0.2, 0.25) is 0 Å². The number of aromatic nitrogens is 3. The fraction of sp³-hybridized carbons (Fsp3) is 0. The Bertz CT molecular complexity index is 2810. The number of nitrogens with zero attached hydrogens (tertiary/aromatic N) is 3. The van der Waals surface area contributed by atoms with Gasteiger partial charge in [0.25, 0.3) is 0 Å². The lowest BCUT2D eigenvalue weighted by atomic mass is 10.0. The van der Waals surface area contributed by atoms with E-state index in [0.29, 0.717) is 0 Å². The van der Waals surface area contributed by atoms with Crippen LogP contribution in [0.3, 0.4) is 0 Å². The monoisotopic (exact) mass is 655 g/mol. The highest BCUT2D eigenvalue weighted by molar-refractivity contribution is 7.26. The van der Waals surface area contributed by atoms with Crippen molar-refractivity contribution in [3.8, 4) is 50.7 Å². The Balaban J connectivity index is 1.16. The number of benzene rings is 7. The zero-order chi connectivity index (χ0) is 33.0. The maximum absolute atomic E-state index is 5.27. The molecule has 50 heavy (non-hydrogen) atoms. The van der Waals surface area contributed by atoms with Gasteiger partial charge in [0.2, 0.25) is 0 Å². The molecule has 0 atom stereocenters. The summed E-state index contributed by atoms with van der Waals surface area (Å²) in [6.07, 6.45) is 0. The zero-order valence-electron chi connectivity index (χ0n) is 27.0. The Kier molecular flexibility index (Phi) is 6.68. The van der Waals surface area contributed by atoms with E-state index in [4.69, 9.17) is 9.97 Å². The molecule has 0 fully saturated rings. The van der Waals surface area contributed by atoms with Crippen LogP contribution in [-0.4, -0.2) is 14.5 Å². The minimum atomic E-state index is 0.728. The van der Waals surface area contributed by atoms with Gasteiger partial charge in [0.05, 0.1) is 22.4 Å². The molecule has 0 radical (unpaired) electrons. The third-order valence-corrected chi connectivity index (χ3v) is 10.8. The number of rotatable bonds is 5. The van der Waals surface area contributed by atoms with E-state index in [1.807, 2.05) is 17.4 Å². The van der Waals surface area contributed by atoms with Crippen LogP contribution >= 0.6 is 11.3 Å². The van der Waals surface area contributed by atoms with Crippen molar-refractivity contribution < 1.29 is 0 Å². The minimum absolute atomic E-state index is 0.728. The summed E-state index contributed by atoms with van der Waals surface area (Å²) in [5.41, 5.74) is 10.9. The van der Waals surface area contributed by atoms with E-state index in [1.165, 1.54) is 47.5 Å². The Morgan fingerprint density at radius 2 is 0.980 bits per heavy atom. The molecule has 0 aliphatic carbocycles. The topological polar surface area (TPSA) is 30.7 Å². The first kappa shape index (κ1) is 28.6. The average Bonchev–Trinajstić information content (AvgIpc) is 3.74. The lowest BCUT2D eigenvalue weighted by molar-refractivity contribution is 1.19. The summed E-state index contributed by atoms with van der Waals surface area (Å²) in [6.45, 7) is 0. The molecule has 0 aliphatic rings. The lowest BCUT2D eigenvalue weighted by Crippen LogP contribution is -1.96. The van der Waals surface area contributed by atoms with Crippen LogP contribution in [0, 0.1) is 0 Å². The van der Waals surface area contributed by atoms with Crippen molar-refractivity contribution in [3.63, 3.8) is 0 Å². The molecule has 0 saturated carbocycles. The van der Waals surface area contributed by atoms with Gasteiger partial charge < -0.3 is 4.57 Å². The molecule has 4 heteroatoms. The summed E-state index contributed by atoms with van der Waals surface area (Å²) in [4.78, 5) is 10.5. The van der Waals surface area contributed by atoms with Gasteiger partial charge in [-0.05, 0) is 53.6 Å². The molecule has 3 nitrogen and oxygen atoms in total. The van der Waals surface area contributed by atoms with E-state index in [0.717, 1.165) is 45.2 Å². The van der Waals surface area contributed by atoms with Gasteiger partial charge in [0.15, 0.2) is 5.82 Å². The molecule has 0 unspecified atom stereocenters. The molecule has 7 aromatic carbocycles. The van der Waals surface area contributed by atoms with E-state index >= 15 is 0 Å². The largest absolute Gasteiger partial charge is 0.309 e. The molecular weight excluding hydrogens is 627 g/mol. The SMILES string of the molecule is c1ccc(-c2cccc(-c3cc(-c4ccccc4)nc(-c4cccc5c4sc4cc(-n6c7ccccc7c7ccccc76)ccc45)n3)c2)cc1. The van der Waals surface area contributed by atoms with Crippen molar-refractivity contribution >= 4 is 53.3 Å². The molecule has 10 rings (SSSR count). The quantitative estimate of drug-likeness (QED) is 0.185. The first-order valence-electron chi connectivity index (χ1n) is 16.8. The smallest absolute Gasteiger partial charge is 0.161 e. The molecule has 3 heterocycles. The number of thiophene rings is 1. The fourth-order valence-electron chi connectivity index (χ4n) is 7.26. The summed E-state index contributed by atoms with van der Waals surface area (Å²) in [5, 5.41) is 4.99. The van der Waals surface area contributed by atoms with Crippen LogP contribution in [0.15, 0.2) is 176 Å². The van der Waals surface area contributed by atoms with Gasteiger partial charge >= 0.3 is 0 Å². The van der Waals surface area contributed by atoms with Crippen LogP contribution in [-0.2, 0) is 0 Å². The summed E-state index contributed by atoms with van der Waals surface area (Å²) < 4.78 is 4.82. The van der Waals surface area contributed by atoms with Gasteiger partial charge in [-0.2, -0.15) is 0 Å². The molecule has 0 N–H and O–H groups in total. The van der Waals surface area contributed by atoms with E-state index < -0.39 is 0 Å². The van der Waals surface area contributed by atoms with Gasteiger partial charge in [-0.1, -0.05) is 133 Å². The second-order valence-electron chi connectivity index (χ2n) is 12.6. The summed E-state index contributed by atoms with van der Waals surface area (Å²) in [5.74, 6) is 0.728. The maximum atomic E-state index is 5.27. The third-order valence-electron chi connectivity index (χ3n) is 9.62. The van der Waals surface area contributed by atoms with E-state index in [9.17, 15) is 0 Å². The van der Waals surface area contributed by atoms with Crippen LogP contribution < -0.4 is 0 Å². The Labute approximate surface area is 293 Å². The predicted molar refractivity (Wildman–Crippen MR) is 211 cm³/mol. The number of hydrogen-bond donors (Lipinski definition) is 0.